The van der Waals surface area contributed by atoms with E-state index in [2.05, 4.69) is 14.8 Å². The number of hydrogen-bond donors (Lipinski definition) is 2. The Morgan fingerprint density at radius 2 is 2.11 bits per heavy atom. The zero-order valence-corrected chi connectivity index (χ0v) is 17.3. The fourth-order valence-electron chi connectivity index (χ4n) is 3.36. The Morgan fingerprint density at radius 3 is 2.81 bits per heavy atom. The molecule has 3 rings (SSSR count). The molecule has 0 saturated carbocycles. The topological polar surface area (TPSA) is 81.7 Å². The van der Waals surface area contributed by atoms with Crippen LogP contribution in [0.2, 0.25) is 0 Å². The van der Waals surface area contributed by atoms with Gasteiger partial charge in [0.05, 0.1) is 31.2 Å². The molecule has 2 aromatic heterocycles. The lowest BCUT2D eigenvalue weighted by atomic mass is 10.2. The molecule has 7 nitrogen and oxygen atoms in total. The molecular weight excluding hydrogens is 364 g/mol. The number of fused-ring (bicyclic) bond motifs is 1. The molecule has 8 heteroatoms. The van der Waals surface area contributed by atoms with Gasteiger partial charge in [-0.25, -0.2) is 4.98 Å². The predicted molar refractivity (Wildman–Crippen MR) is 109 cm³/mol. The predicted octanol–water partition coefficient (Wildman–Crippen LogP) is 1.51. The number of rotatable bonds is 8. The first-order valence-electron chi connectivity index (χ1n) is 9.67. The summed E-state index contributed by atoms with van der Waals surface area (Å²) in [5.41, 5.74) is 0.946. The molecule has 1 saturated heterocycles. The molecule has 0 aliphatic carbocycles. The van der Waals surface area contributed by atoms with Gasteiger partial charge in [0.2, 0.25) is 0 Å². The van der Waals surface area contributed by atoms with Crippen LogP contribution in [0.25, 0.3) is 10.2 Å². The van der Waals surface area contributed by atoms with Gasteiger partial charge >= 0.3 is 0 Å². The molecule has 0 bridgehead atoms. The number of aromatic amines is 1. The van der Waals surface area contributed by atoms with Crippen LogP contribution in [-0.2, 0) is 11.3 Å². The molecule has 0 radical (unpaired) electrons. The van der Waals surface area contributed by atoms with Crippen molar-refractivity contribution in [1.82, 2.24) is 19.8 Å². The van der Waals surface area contributed by atoms with Crippen LogP contribution in [-0.4, -0.2) is 76.9 Å². The number of H-pyrrole nitrogens is 1. The maximum atomic E-state index is 12.5. The molecule has 2 aromatic rings. The highest BCUT2D eigenvalue weighted by Crippen LogP contribution is 2.25. The van der Waals surface area contributed by atoms with Crippen molar-refractivity contribution in [2.24, 2.45) is 0 Å². The summed E-state index contributed by atoms with van der Waals surface area (Å²) in [6, 6.07) is 0. The second-order valence-corrected chi connectivity index (χ2v) is 8.43. The van der Waals surface area contributed by atoms with Gasteiger partial charge in [0.25, 0.3) is 5.56 Å². The second-order valence-electron chi connectivity index (χ2n) is 7.23. The van der Waals surface area contributed by atoms with Gasteiger partial charge in [0.15, 0.2) is 0 Å². The Kier molecular flexibility index (Phi) is 6.99. The number of aliphatic hydroxyl groups excluding tert-OH is 1. The number of aromatic nitrogens is 2. The Bertz CT molecular complexity index is 813. The van der Waals surface area contributed by atoms with Crippen LogP contribution in [0, 0.1) is 13.8 Å². The van der Waals surface area contributed by atoms with Crippen LogP contribution in [0.5, 0.6) is 0 Å². The third-order valence-electron chi connectivity index (χ3n) is 5.24. The van der Waals surface area contributed by atoms with Crippen molar-refractivity contribution in [2.45, 2.75) is 39.8 Å². The molecule has 150 valence electrons. The maximum absolute atomic E-state index is 12.5. The molecule has 1 aliphatic heterocycles. The van der Waals surface area contributed by atoms with E-state index >= 15 is 0 Å². The zero-order valence-electron chi connectivity index (χ0n) is 16.5. The van der Waals surface area contributed by atoms with Gasteiger partial charge in [0, 0.05) is 37.6 Å². The number of aliphatic hydroxyl groups is 1. The van der Waals surface area contributed by atoms with E-state index < -0.39 is 0 Å². The molecule has 0 aromatic carbocycles. The van der Waals surface area contributed by atoms with Gasteiger partial charge in [-0.05, 0) is 25.8 Å². The summed E-state index contributed by atoms with van der Waals surface area (Å²) < 4.78 is 5.41. The Morgan fingerprint density at radius 1 is 1.37 bits per heavy atom. The van der Waals surface area contributed by atoms with Crippen molar-refractivity contribution in [1.29, 1.82) is 0 Å². The summed E-state index contributed by atoms with van der Waals surface area (Å²) in [5.74, 6) is 0.666. The van der Waals surface area contributed by atoms with E-state index in [1.807, 2.05) is 20.8 Å². The van der Waals surface area contributed by atoms with Gasteiger partial charge in [-0.15, -0.1) is 11.3 Å². The minimum absolute atomic E-state index is 0.0685. The van der Waals surface area contributed by atoms with E-state index in [1.54, 1.807) is 11.3 Å². The average Bonchev–Trinajstić information content (AvgIpc) is 2.94. The SMILES string of the molecule is CCC(O)CN(CCN1CCOCC1)Cc1nc2sc(C)c(C)c2c(=O)[nH]1. The molecular formula is C19H30N4O3S. The fraction of sp³-hybridized carbons (Fsp3) is 0.684. The van der Waals surface area contributed by atoms with Crippen molar-refractivity contribution in [3.63, 3.8) is 0 Å². The fourth-order valence-corrected chi connectivity index (χ4v) is 4.40. The third-order valence-corrected chi connectivity index (χ3v) is 6.34. The lowest BCUT2D eigenvalue weighted by Gasteiger charge is -2.30. The zero-order chi connectivity index (χ0) is 19.4. The van der Waals surface area contributed by atoms with Crippen LogP contribution in [0.15, 0.2) is 4.79 Å². The quantitative estimate of drug-likeness (QED) is 0.706. The monoisotopic (exact) mass is 394 g/mol. The number of thiophene rings is 1. The molecule has 1 aliphatic rings. The number of nitrogens with one attached hydrogen (secondary N) is 1. The summed E-state index contributed by atoms with van der Waals surface area (Å²) in [7, 11) is 0. The molecule has 0 amide bonds. The molecule has 27 heavy (non-hydrogen) atoms. The number of aryl methyl sites for hydroxylation is 2. The van der Waals surface area contributed by atoms with Crippen LogP contribution in [0.4, 0.5) is 0 Å². The van der Waals surface area contributed by atoms with Crippen LogP contribution in [0.3, 0.4) is 0 Å². The Balaban J connectivity index is 1.74. The van der Waals surface area contributed by atoms with Crippen molar-refractivity contribution in [3.05, 3.63) is 26.6 Å². The van der Waals surface area contributed by atoms with E-state index in [-0.39, 0.29) is 11.7 Å². The maximum Gasteiger partial charge on any atom is 0.259 e. The molecule has 1 atom stereocenters. The highest BCUT2D eigenvalue weighted by Gasteiger charge is 2.17. The number of ether oxygens (including phenoxy) is 1. The summed E-state index contributed by atoms with van der Waals surface area (Å²) in [6.07, 6.45) is 0.330. The molecule has 3 heterocycles. The van der Waals surface area contributed by atoms with E-state index in [1.165, 1.54) is 0 Å². The highest BCUT2D eigenvalue weighted by molar-refractivity contribution is 7.18. The summed E-state index contributed by atoms with van der Waals surface area (Å²) >= 11 is 1.57. The van der Waals surface area contributed by atoms with E-state index in [9.17, 15) is 9.90 Å². The number of nitrogens with zero attached hydrogens (tertiary/aromatic N) is 3. The molecule has 2 N–H and O–H groups in total. The van der Waals surface area contributed by atoms with E-state index in [0.29, 0.717) is 30.7 Å². The molecule has 0 spiro atoms. The first-order valence-corrected chi connectivity index (χ1v) is 10.5. The van der Waals surface area contributed by atoms with Crippen molar-refractivity contribution >= 4 is 21.6 Å². The highest BCUT2D eigenvalue weighted by atomic mass is 32.1. The molecule has 1 unspecified atom stereocenters. The van der Waals surface area contributed by atoms with E-state index in [0.717, 1.165) is 54.7 Å². The van der Waals surface area contributed by atoms with Crippen molar-refractivity contribution < 1.29 is 9.84 Å². The van der Waals surface area contributed by atoms with Gasteiger partial charge in [-0.1, -0.05) is 6.92 Å². The third kappa shape index (κ3) is 5.14. The van der Waals surface area contributed by atoms with Gasteiger partial charge in [0.1, 0.15) is 10.7 Å². The lowest BCUT2D eigenvalue weighted by molar-refractivity contribution is 0.0287. The lowest BCUT2D eigenvalue weighted by Crippen LogP contribution is -2.43. The molecule has 1 fully saturated rings. The van der Waals surface area contributed by atoms with Crippen LogP contribution in [0.1, 0.15) is 29.6 Å². The normalized spacial score (nSPS) is 17.1. The number of hydrogen-bond acceptors (Lipinski definition) is 7. The summed E-state index contributed by atoms with van der Waals surface area (Å²) in [6.45, 7) is 12.3. The van der Waals surface area contributed by atoms with Gasteiger partial charge < -0.3 is 14.8 Å². The smallest absolute Gasteiger partial charge is 0.259 e. The first-order chi connectivity index (χ1) is 13.0. The van der Waals surface area contributed by atoms with Gasteiger partial charge in [-0.2, -0.15) is 0 Å². The Labute approximate surface area is 164 Å². The minimum atomic E-state index is -0.378. The Hall–Kier alpha value is -1.32. The summed E-state index contributed by atoms with van der Waals surface area (Å²) in [4.78, 5) is 26.6. The number of morpholine rings is 1. The second kappa shape index (κ2) is 9.25. The average molecular weight is 395 g/mol. The van der Waals surface area contributed by atoms with E-state index in [4.69, 9.17) is 9.72 Å². The van der Waals surface area contributed by atoms with Crippen molar-refractivity contribution in [3.8, 4) is 0 Å². The largest absolute Gasteiger partial charge is 0.392 e. The summed E-state index contributed by atoms with van der Waals surface area (Å²) in [5, 5.41) is 10.8. The first kappa shape index (κ1) is 20.4. The van der Waals surface area contributed by atoms with Gasteiger partial charge in [-0.3, -0.25) is 14.6 Å². The van der Waals surface area contributed by atoms with Crippen LogP contribution < -0.4 is 5.56 Å². The van der Waals surface area contributed by atoms with Crippen LogP contribution >= 0.6 is 11.3 Å². The minimum Gasteiger partial charge on any atom is -0.392 e. The van der Waals surface area contributed by atoms with Crippen molar-refractivity contribution in [2.75, 3.05) is 45.9 Å². The standard InChI is InChI=1S/C19H30N4O3S/c1-4-15(24)11-23(6-5-22-7-9-26-10-8-22)12-16-20-18(25)17-13(2)14(3)27-19(17)21-16/h15,24H,4-12H2,1-3H3,(H,20,21,25).